The molecule has 34 heavy (non-hydrogen) atoms. The van der Waals surface area contributed by atoms with Gasteiger partial charge >= 0.3 is 6.18 Å². The lowest BCUT2D eigenvalue weighted by Crippen LogP contribution is -2.29. The van der Waals surface area contributed by atoms with E-state index < -0.39 is 60.6 Å². The second kappa shape index (κ2) is 9.35. The lowest BCUT2D eigenvalue weighted by Gasteiger charge is -2.20. The van der Waals surface area contributed by atoms with Gasteiger partial charge in [-0.3, -0.25) is 9.52 Å². The standard InChI is InChI=1S/C20H12Cl2F5N3O3S/c1-30(17-5-2-11(23)7-15(17)24)19(31)18-16(6-10(21)9-28-18)29-34(32,33)12-3-4-14(22)13(8-12)20(25,26)27/h2-9,29H,1H3. The lowest BCUT2D eigenvalue weighted by atomic mass is 10.2. The molecule has 0 aliphatic rings. The third-order valence-corrected chi connectivity index (χ3v) is 6.33. The van der Waals surface area contributed by atoms with Crippen LogP contribution in [0, 0.1) is 11.6 Å². The zero-order chi connectivity index (χ0) is 25.4. The molecule has 0 spiro atoms. The number of nitrogens with one attached hydrogen (secondary N) is 1. The van der Waals surface area contributed by atoms with Crippen LogP contribution in [0.25, 0.3) is 0 Å². The van der Waals surface area contributed by atoms with Crippen LogP contribution in [0.15, 0.2) is 53.6 Å². The highest BCUT2D eigenvalue weighted by Gasteiger charge is 2.35. The maximum absolute atomic E-state index is 14.1. The Labute approximate surface area is 200 Å². The van der Waals surface area contributed by atoms with Gasteiger partial charge in [0, 0.05) is 19.3 Å². The van der Waals surface area contributed by atoms with E-state index in [1.165, 1.54) is 0 Å². The fourth-order valence-electron chi connectivity index (χ4n) is 2.80. The molecular formula is C20H12Cl2F5N3O3S. The topological polar surface area (TPSA) is 79.4 Å². The van der Waals surface area contributed by atoms with Crippen LogP contribution in [0.4, 0.5) is 33.3 Å². The first kappa shape index (κ1) is 25.7. The number of rotatable bonds is 5. The van der Waals surface area contributed by atoms with E-state index in [0.717, 1.165) is 48.5 Å². The number of halogens is 7. The maximum atomic E-state index is 14.1. The Morgan fingerprint density at radius 2 is 1.74 bits per heavy atom. The molecule has 180 valence electrons. The summed E-state index contributed by atoms with van der Waals surface area (Å²) in [5, 5.41) is -0.827. The van der Waals surface area contributed by atoms with E-state index in [9.17, 15) is 35.2 Å². The average Bonchev–Trinajstić information content (AvgIpc) is 2.72. The van der Waals surface area contributed by atoms with Gasteiger partial charge in [-0.2, -0.15) is 13.2 Å². The normalized spacial score (nSPS) is 11.9. The van der Waals surface area contributed by atoms with E-state index in [2.05, 4.69) is 4.98 Å². The highest BCUT2D eigenvalue weighted by Crippen LogP contribution is 2.36. The highest BCUT2D eigenvalue weighted by molar-refractivity contribution is 7.92. The van der Waals surface area contributed by atoms with Gasteiger partial charge in [0.05, 0.1) is 31.9 Å². The molecule has 0 aliphatic carbocycles. The van der Waals surface area contributed by atoms with E-state index >= 15 is 0 Å². The largest absolute Gasteiger partial charge is 0.417 e. The van der Waals surface area contributed by atoms with Crippen molar-refractivity contribution in [1.82, 2.24) is 4.98 Å². The summed E-state index contributed by atoms with van der Waals surface area (Å²) in [4.78, 5) is 16.6. The summed E-state index contributed by atoms with van der Waals surface area (Å²) in [6.45, 7) is 0. The fraction of sp³-hybridized carbons (Fsp3) is 0.100. The molecule has 14 heteroatoms. The molecule has 0 radical (unpaired) electrons. The van der Waals surface area contributed by atoms with Gasteiger partial charge in [-0.05, 0) is 36.4 Å². The molecule has 0 atom stereocenters. The minimum atomic E-state index is -4.93. The Morgan fingerprint density at radius 3 is 2.35 bits per heavy atom. The Kier molecular flexibility index (Phi) is 7.06. The molecular weight excluding hydrogens is 528 g/mol. The van der Waals surface area contributed by atoms with Gasteiger partial charge in [0.2, 0.25) is 0 Å². The van der Waals surface area contributed by atoms with Crippen molar-refractivity contribution in [2.24, 2.45) is 0 Å². The zero-order valence-corrected chi connectivity index (χ0v) is 19.1. The zero-order valence-electron chi connectivity index (χ0n) is 16.8. The van der Waals surface area contributed by atoms with Crippen molar-refractivity contribution in [3.63, 3.8) is 0 Å². The van der Waals surface area contributed by atoms with Gasteiger partial charge in [0.15, 0.2) is 5.69 Å². The number of sulfonamides is 1. The molecule has 1 amide bonds. The summed E-state index contributed by atoms with van der Waals surface area (Å²) in [7, 11) is -3.56. The number of pyridine rings is 1. The van der Waals surface area contributed by atoms with Crippen molar-refractivity contribution in [3.8, 4) is 0 Å². The van der Waals surface area contributed by atoms with Crippen LogP contribution in [0.5, 0.6) is 0 Å². The summed E-state index contributed by atoms with van der Waals surface area (Å²) in [5.41, 5.74) is -2.77. The molecule has 1 aromatic heterocycles. The van der Waals surface area contributed by atoms with Crippen LogP contribution in [0.1, 0.15) is 16.1 Å². The second-order valence-electron chi connectivity index (χ2n) is 6.75. The summed E-state index contributed by atoms with van der Waals surface area (Å²) >= 11 is 11.4. The smallest absolute Gasteiger partial charge is 0.307 e. The van der Waals surface area contributed by atoms with Crippen molar-refractivity contribution >= 4 is 50.5 Å². The molecule has 0 fully saturated rings. The molecule has 1 N–H and O–H groups in total. The van der Waals surface area contributed by atoms with Gasteiger partial charge in [-0.25, -0.2) is 22.2 Å². The van der Waals surface area contributed by atoms with E-state index in [4.69, 9.17) is 23.2 Å². The van der Waals surface area contributed by atoms with Crippen LogP contribution >= 0.6 is 23.2 Å². The summed E-state index contributed by atoms with van der Waals surface area (Å²) in [5.74, 6) is -2.99. The Bertz CT molecular complexity index is 1380. The highest BCUT2D eigenvalue weighted by atomic mass is 35.5. The first-order chi connectivity index (χ1) is 15.7. The van der Waals surface area contributed by atoms with Crippen LogP contribution in [0.2, 0.25) is 10.0 Å². The molecule has 3 aromatic rings. The van der Waals surface area contributed by atoms with Crippen LogP contribution in [0.3, 0.4) is 0 Å². The van der Waals surface area contributed by atoms with Crippen molar-refractivity contribution in [1.29, 1.82) is 0 Å². The van der Waals surface area contributed by atoms with Gasteiger partial charge in [0.1, 0.15) is 11.6 Å². The molecule has 0 aliphatic heterocycles. The summed E-state index contributed by atoms with van der Waals surface area (Å²) < 4.78 is 94.3. The molecule has 2 aromatic carbocycles. The van der Waals surface area contributed by atoms with Crippen LogP contribution in [-0.2, 0) is 16.2 Å². The van der Waals surface area contributed by atoms with Crippen molar-refractivity contribution < 1.29 is 35.2 Å². The fourth-order valence-corrected chi connectivity index (χ4v) is 4.27. The van der Waals surface area contributed by atoms with E-state index in [1.807, 2.05) is 4.72 Å². The minimum Gasteiger partial charge on any atom is -0.307 e. The number of hydrogen-bond acceptors (Lipinski definition) is 4. The molecule has 0 saturated carbocycles. The molecule has 6 nitrogen and oxygen atoms in total. The summed E-state index contributed by atoms with van der Waals surface area (Å²) in [6.07, 6.45) is -3.92. The summed E-state index contributed by atoms with van der Waals surface area (Å²) in [6, 6.07) is 5.33. The van der Waals surface area contributed by atoms with Crippen molar-refractivity contribution in [2.45, 2.75) is 11.1 Å². The van der Waals surface area contributed by atoms with Gasteiger partial charge in [0.25, 0.3) is 15.9 Å². The Balaban J connectivity index is 2.02. The number of aromatic nitrogens is 1. The first-order valence-electron chi connectivity index (χ1n) is 8.99. The SMILES string of the molecule is CN(C(=O)c1ncc(Cl)cc1NS(=O)(=O)c1ccc(Cl)c(C(F)(F)F)c1)c1ccc(F)cc1F. The number of benzene rings is 2. The lowest BCUT2D eigenvalue weighted by molar-refractivity contribution is -0.137. The number of anilines is 2. The van der Waals surface area contributed by atoms with Gasteiger partial charge in [-0.15, -0.1) is 0 Å². The quantitative estimate of drug-likeness (QED) is 0.418. The molecule has 0 unspecified atom stereocenters. The molecule has 1 heterocycles. The number of hydrogen-bond donors (Lipinski definition) is 1. The Morgan fingerprint density at radius 1 is 1.06 bits per heavy atom. The Hall–Kier alpha value is -2.96. The van der Waals surface area contributed by atoms with Crippen LogP contribution in [-0.4, -0.2) is 26.4 Å². The van der Waals surface area contributed by atoms with Crippen molar-refractivity contribution in [3.05, 3.63) is 81.6 Å². The van der Waals surface area contributed by atoms with Crippen molar-refractivity contribution in [2.75, 3.05) is 16.7 Å². The third kappa shape index (κ3) is 5.40. The van der Waals surface area contributed by atoms with Gasteiger partial charge < -0.3 is 4.90 Å². The number of alkyl halides is 3. The molecule has 3 rings (SSSR count). The molecule has 0 bridgehead atoms. The monoisotopic (exact) mass is 539 g/mol. The minimum absolute atomic E-state index is 0.114. The molecule has 0 saturated heterocycles. The number of carbonyl (C=O) groups is 1. The predicted molar refractivity (Wildman–Crippen MR) is 116 cm³/mol. The maximum Gasteiger partial charge on any atom is 0.417 e. The van der Waals surface area contributed by atoms with E-state index in [-0.39, 0.29) is 10.7 Å². The van der Waals surface area contributed by atoms with Gasteiger partial charge in [-0.1, -0.05) is 23.2 Å². The number of nitrogens with zero attached hydrogens (tertiary/aromatic N) is 2. The van der Waals surface area contributed by atoms with E-state index in [1.54, 1.807) is 0 Å². The van der Waals surface area contributed by atoms with E-state index in [0.29, 0.717) is 12.1 Å². The third-order valence-electron chi connectivity index (χ3n) is 4.43. The van der Waals surface area contributed by atoms with Crippen LogP contribution < -0.4 is 9.62 Å². The second-order valence-corrected chi connectivity index (χ2v) is 9.28. The average molecular weight is 540 g/mol. The number of carbonyl (C=O) groups excluding carboxylic acids is 1. The number of amides is 1. The predicted octanol–water partition coefficient (Wildman–Crippen LogP) is 5.76. The first-order valence-corrected chi connectivity index (χ1v) is 11.2.